The molecule has 0 radical (unpaired) electrons. The van der Waals surface area contributed by atoms with Gasteiger partial charge >= 0.3 is 0 Å². The summed E-state index contributed by atoms with van der Waals surface area (Å²) >= 11 is 0. The van der Waals surface area contributed by atoms with Gasteiger partial charge in [-0.25, -0.2) is 15.0 Å². The number of rotatable bonds is 4. The van der Waals surface area contributed by atoms with Gasteiger partial charge in [-0.3, -0.25) is 0 Å². The van der Waals surface area contributed by atoms with Crippen LogP contribution in [0, 0.1) is 13.8 Å². The molecule has 106 valence electrons. The van der Waals surface area contributed by atoms with Crippen molar-refractivity contribution in [1.29, 1.82) is 0 Å². The minimum atomic E-state index is 0.392. The van der Waals surface area contributed by atoms with E-state index in [1.54, 1.807) is 0 Å². The molecule has 4 nitrogen and oxygen atoms in total. The topological polar surface area (TPSA) is 50.7 Å². The number of anilines is 1. The van der Waals surface area contributed by atoms with E-state index < -0.39 is 0 Å². The van der Waals surface area contributed by atoms with Gasteiger partial charge in [0, 0.05) is 23.5 Å². The predicted octanol–water partition coefficient (Wildman–Crippen LogP) is 3.71. The second-order valence-corrected chi connectivity index (χ2v) is 5.24. The summed E-state index contributed by atoms with van der Waals surface area (Å²) < 4.78 is 0. The quantitative estimate of drug-likeness (QED) is 0.920. The summed E-state index contributed by atoms with van der Waals surface area (Å²) in [6, 6.07) is 5.91. The Morgan fingerprint density at radius 3 is 2.45 bits per heavy atom. The Kier molecular flexibility index (Phi) is 4.32. The van der Waals surface area contributed by atoms with Crippen molar-refractivity contribution in [3.63, 3.8) is 0 Å². The van der Waals surface area contributed by atoms with Gasteiger partial charge in [0.15, 0.2) is 5.82 Å². The summed E-state index contributed by atoms with van der Waals surface area (Å²) in [5.74, 6) is 2.00. The predicted molar refractivity (Wildman–Crippen MR) is 83.0 cm³/mol. The fourth-order valence-corrected chi connectivity index (χ4v) is 2.36. The number of nitrogens with one attached hydrogen (secondary N) is 1. The maximum Gasteiger partial charge on any atom is 0.180 e. The van der Waals surface area contributed by atoms with Crippen LogP contribution in [0.25, 0.3) is 11.5 Å². The molecule has 1 N–H and O–H groups in total. The van der Waals surface area contributed by atoms with E-state index in [1.165, 1.54) is 5.56 Å². The van der Waals surface area contributed by atoms with Crippen LogP contribution in [0.15, 0.2) is 18.2 Å². The van der Waals surface area contributed by atoms with Crippen molar-refractivity contribution in [3.8, 4) is 11.5 Å². The summed E-state index contributed by atoms with van der Waals surface area (Å²) in [6.45, 7) is 11.3. The first-order valence-corrected chi connectivity index (χ1v) is 7.09. The number of hydrogen-bond acceptors (Lipinski definition) is 4. The van der Waals surface area contributed by atoms with Crippen molar-refractivity contribution in [2.24, 2.45) is 0 Å². The van der Waals surface area contributed by atoms with Gasteiger partial charge in [0.2, 0.25) is 0 Å². The summed E-state index contributed by atoms with van der Waals surface area (Å²) in [4.78, 5) is 13.8. The maximum absolute atomic E-state index is 4.67. The van der Waals surface area contributed by atoms with Crippen molar-refractivity contribution < 1.29 is 0 Å². The third kappa shape index (κ3) is 2.95. The van der Waals surface area contributed by atoms with Gasteiger partial charge in [0.05, 0.1) is 0 Å². The largest absolute Gasteiger partial charge is 0.370 e. The van der Waals surface area contributed by atoms with Crippen molar-refractivity contribution in [2.75, 3.05) is 11.9 Å². The molecule has 0 unspecified atom stereocenters. The molecule has 2 heterocycles. The van der Waals surface area contributed by atoms with Crippen LogP contribution in [0.3, 0.4) is 0 Å². The van der Waals surface area contributed by atoms with Crippen molar-refractivity contribution in [3.05, 3.63) is 35.2 Å². The number of aromatic nitrogens is 3. The van der Waals surface area contributed by atoms with E-state index in [1.807, 2.05) is 32.0 Å². The van der Waals surface area contributed by atoms with E-state index in [9.17, 15) is 0 Å². The molecule has 2 aromatic rings. The molecule has 0 aromatic carbocycles. The summed E-state index contributed by atoms with van der Waals surface area (Å²) in [6.07, 6.45) is 0. The maximum atomic E-state index is 4.67. The lowest BCUT2D eigenvalue weighted by atomic mass is 10.0. The minimum Gasteiger partial charge on any atom is -0.370 e. The smallest absolute Gasteiger partial charge is 0.180 e. The Balaban J connectivity index is 2.56. The molecule has 0 fully saturated rings. The van der Waals surface area contributed by atoms with Crippen LogP contribution >= 0.6 is 0 Å². The van der Waals surface area contributed by atoms with E-state index in [0.29, 0.717) is 11.7 Å². The van der Waals surface area contributed by atoms with E-state index in [0.717, 1.165) is 29.4 Å². The van der Waals surface area contributed by atoms with Crippen molar-refractivity contribution >= 4 is 5.82 Å². The molecule has 0 saturated carbocycles. The molecule has 0 aliphatic heterocycles. The molecular weight excluding hydrogens is 248 g/mol. The first-order valence-electron chi connectivity index (χ1n) is 7.09. The van der Waals surface area contributed by atoms with Crippen LogP contribution in [0.4, 0.5) is 5.82 Å². The normalized spacial score (nSPS) is 10.9. The Morgan fingerprint density at radius 1 is 1.10 bits per heavy atom. The van der Waals surface area contributed by atoms with Crippen molar-refractivity contribution in [2.45, 2.75) is 40.5 Å². The molecule has 0 atom stereocenters. The fraction of sp³-hybridized carbons (Fsp3) is 0.438. The lowest BCUT2D eigenvalue weighted by Gasteiger charge is -2.16. The number of nitrogens with zero attached hydrogens (tertiary/aromatic N) is 3. The molecule has 0 bridgehead atoms. The highest BCUT2D eigenvalue weighted by molar-refractivity contribution is 5.57. The molecule has 2 rings (SSSR count). The van der Waals surface area contributed by atoms with Crippen LogP contribution in [0.1, 0.15) is 43.6 Å². The Labute approximate surface area is 120 Å². The Morgan fingerprint density at radius 2 is 1.85 bits per heavy atom. The molecule has 0 aliphatic rings. The van der Waals surface area contributed by atoms with Gasteiger partial charge in [0.1, 0.15) is 11.5 Å². The Hall–Kier alpha value is -1.97. The highest BCUT2D eigenvalue weighted by Crippen LogP contribution is 2.27. The van der Waals surface area contributed by atoms with Gasteiger partial charge in [-0.2, -0.15) is 0 Å². The minimum absolute atomic E-state index is 0.392. The zero-order valence-electron chi connectivity index (χ0n) is 12.9. The van der Waals surface area contributed by atoms with E-state index >= 15 is 0 Å². The monoisotopic (exact) mass is 270 g/mol. The fourth-order valence-electron chi connectivity index (χ4n) is 2.36. The average Bonchev–Trinajstić information content (AvgIpc) is 2.38. The molecule has 4 heteroatoms. The van der Waals surface area contributed by atoms with E-state index in [-0.39, 0.29) is 0 Å². The lowest BCUT2D eigenvalue weighted by molar-refractivity contribution is 0.830. The molecule has 0 amide bonds. The van der Waals surface area contributed by atoms with Gasteiger partial charge < -0.3 is 5.32 Å². The second-order valence-electron chi connectivity index (χ2n) is 5.24. The van der Waals surface area contributed by atoms with Crippen LogP contribution in [-0.4, -0.2) is 21.5 Å². The second kappa shape index (κ2) is 5.99. The SMILES string of the molecule is CCNc1nc(-c2cccc(C)n2)nc(C)c1C(C)C. The zero-order chi connectivity index (χ0) is 14.7. The van der Waals surface area contributed by atoms with Gasteiger partial charge in [-0.1, -0.05) is 19.9 Å². The molecule has 20 heavy (non-hydrogen) atoms. The summed E-state index contributed by atoms with van der Waals surface area (Å²) in [5, 5.41) is 3.34. The van der Waals surface area contributed by atoms with Crippen LogP contribution in [-0.2, 0) is 0 Å². The van der Waals surface area contributed by atoms with Crippen LogP contribution in [0.2, 0.25) is 0 Å². The third-order valence-corrected chi connectivity index (χ3v) is 3.18. The van der Waals surface area contributed by atoms with E-state index in [4.69, 9.17) is 0 Å². The van der Waals surface area contributed by atoms with Crippen molar-refractivity contribution in [1.82, 2.24) is 15.0 Å². The van der Waals surface area contributed by atoms with E-state index in [2.05, 4.69) is 41.0 Å². The molecule has 0 saturated heterocycles. The number of pyridine rings is 1. The molecule has 0 aliphatic carbocycles. The Bertz CT molecular complexity index is 605. The average molecular weight is 270 g/mol. The number of aryl methyl sites for hydroxylation is 2. The summed E-state index contributed by atoms with van der Waals surface area (Å²) in [7, 11) is 0. The standard InChI is InChI=1S/C16H22N4/c1-6-17-16-14(10(2)3)12(5)19-15(20-16)13-9-7-8-11(4)18-13/h7-10H,6H2,1-5H3,(H,17,19,20). The van der Waals surface area contributed by atoms with Gasteiger partial charge in [0.25, 0.3) is 0 Å². The highest BCUT2D eigenvalue weighted by atomic mass is 15.0. The first kappa shape index (κ1) is 14.4. The van der Waals surface area contributed by atoms with Gasteiger partial charge in [-0.15, -0.1) is 0 Å². The molecule has 2 aromatic heterocycles. The third-order valence-electron chi connectivity index (χ3n) is 3.18. The zero-order valence-corrected chi connectivity index (χ0v) is 12.9. The number of hydrogen-bond donors (Lipinski definition) is 1. The highest BCUT2D eigenvalue weighted by Gasteiger charge is 2.15. The first-order chi connectivity index (χ1) is 9.52. The van der Waals surface area contributed by atoms with Crippen LogP contribution < -0.4 is 5.32 Å². The van der Waals surface area contributed by atoms with Crippen LogP contribution in [0.5, 0.6) is 0 Å². The molecular formula is C16H22N4. The molecule has 0 spiro atoms. The lowest BCUT2D eigenvalue weighted by Crippen LogP contribution is -2.10. The van der Waals surface area contributed by atoms with Gasteiger partial charge in [-0.05, 0) is 38.8 Å². The summed E-state index contributed by atoms with van der Waals surface area (Å²) in [5.41, 5.74) is 4.00.